The van der Waals surface area contributed by atoms with Crippen LogP contribution in [0, 0.1) is 6.92 Å². The summed E-state index contributed by atoms with van der Waals surface area (Å²) in [7, 11) is 2.23. The first-order valence-electron chi connectivity index (χ1n) is 6.67. The Morgan fingerprint density at radius 2 is 2.35 bits per heavy atom. The molecular formula is C14H24N2O. The van der Waals surface area contributed by atoms with Crippen molar-refractivity contribution in [2.45, 2.75) is 45.2 Å². The van der Waals surface area contributed by atoms with Gasteiger partial charge in [0.1, 0.15) is 11.5 Å². The van der Waals surface area contributed by atoms with E-state index in [0.29, 0.717) is 6.04 Å². The van der Waals surface area contributed by atoms with Crippen LogP contribution in [0.2, 0.25) is 0 Å². The van der Waals surface area contributed by atoms with Crippen molar-refractivity contribution in [3.05, 3.63) is 23.7 Å². The van der Waals surface area contributed by atoms with Crippen LogP contribution in [0.3, 0.4) is 0 Å². The van der Waals surface area contributed by atoms with Gasteiger partial charge in [0.2, 0.25) is 0 Å². The van der Waals surface area contributed by atoms with Crippen LogP contribution in [0.5, 0.6) is 0 Å². The molecule has 0 amide bonds. The van der Waals surface area contributed by atoms with Crippen LogP contribution in [0.1, 0.15) is 43.7 Å². The average Bonchev–Trinajstić information content (AvgIpc) is 2.88. The van der Waals surface area contributed by atoms with Crippen molar-refractivity contribution in [1.82, 2.24) is 10.2 Å². The molecule has 1 aliphatic heterocycles. The first kappa shape index (κ1) is 12.7. The summed E-state index contributed by atoms with van der Waals surface area (Å²) in [4.78, 5) is 2.48. The van der Waals surface area contributed by atoms with E-state index in [0.717, 1.165) is 24.1 Å². The van der Waals surface area contributed by atoms with Crippen molar-refractivity contribution >= 4 is 0 Å². The molecule has 1 aliphatic rings. The third-order valence-corrected chi connectivity index (χ3v) is 3.79. The van der Waals surface area contributed by atoms with Gasteiger partial charge in [0.15, 0.2) is 0 Å². The Labute approximate surface area is 104 Å². The Bertz CT molecular complexity index is 348. The van der Waals surface area contributed by atoms with Gasteiger partial charge < -0.3 is 14.6 Å². The number of nitrogens with zero attached hydrogens (tertiary/aromatic N) is 1. The lowest BCUT2D eigenvalue weighted by molar-refractivity contribution is 0.288. The van der Waals surface area contributed by atoms with E-state index in [2.05, 4.69) is 30.3 Å². The molecule has 0 saturated carbocycles. The lowest BCUT2D eigenvalue weighted by atomic mass is 10.1. The lowest BCUT2D eigenvalue weighted by Gasteiger charge is -2.20. The zero-order valence-corrected chi connectivity index (χ0v) is 11.2. The van der Waals surface area contributed by atoms with Gasteiger partial charge in [-0.05, 0) is 65.4 Å². The van der Waals surface area contributed by atoms with Gasteiger partial charge in [0.05, 0.1) is 6.04 Å². The third kappa shape index (κ3) is 3.33. The minimum absolute atomic E-state index is 0.315. The minimum atomic E-state index is 0.315. The van der Waals surface area contributed by atoms with E-state index in [1.165, 1.54) is 25.8 Å². The van der Waals surface area contributed by atoms with Gasteiger partial charge >= 0.3 is 0 Å². The molecule has 17 heavy (non-hydrogen) atoms. The molecule has 0 spiro atoms. The lowest BCUT2D eigenvalue weighted by Crippen LogP contribution is -2.30. The topological polar surface area (TPSA) is 28.4 Å². The van der Waals surface area contributed by atoms with Crippen LogP contribution in [-0.4, -0.2) is 31.1 Å². The first-order valence-corrected chi connectivity index (χ1v) is 6.67. The van der Waals surface area contributed by atoms with Gasteiger partial charge in [-0.25, -0.2) is 0 Å². The van der Waals surface area contributed by atoms with Gasteiger partial charge in [-0.2, -0.15) is 0 Å². The molecule has 1 N–H and O–H groups in total. The maximum Gasteiger partial charge on any atom is 0.120 e. The number of hydrogen-bond donors (Lipinski definition) is 1. The fourth-order valence-electron chi connectivity index (χ4n) is 2.60. The SMILES string of the molecule is Cc1ccc([C@H](C)NCC[C@H]2CCCN2C)o1. The second-order valence-corrected chi connectivity index (χ2v) is 5.19. The molecule has 0 radical (unpaired) electrons. The molecule has 2 heterocycles. The van der Waals surface area contributed by atoms with Crippen molar-refractivity contribution in [1.29, 1.82) is 0 Å². The summed E-state index contributed by atoms with van der Waals surface area (Å²) in [6.45, 7) is 6.48. The normalized spacial score (nSPS) is 23.1. The van der Waals surface area contributed by atoms with Crippen LogP contribution >= 0.6 is 0 Å². The molecule has 3 nitrogen and oxygen atoms in total. The molecule has 1 fully saturated rings. The number of furan rings is 1. The summed E-state index contributed by atoms with van der Waals surface area (Å²) in [5.41, 5.74) is 0. The summed E-state index contributed by atoms with van der Waals surface area (Å²) in [6.07, 6.45) is 3.95. The van der Waals surface area contributed by atoms with Crippen LogP contribution in [-0.2, 0) is 0 Å². The molecule has 2 rings (SSSR count). The molecule has 0 aromatic carbocycles. The van der Waals surface area contributed by atoms with Crippen LogP contribution in [0.25, 0.3) is 0 Å². The minimum Gasteiger partial charge on any atom is -0.465 e. The molecule has 3 heteroatoms. The Balaban J connectivity index is 1.71. The Morgan fingerprint density at radius 1 is 1.53 bits per heavy atom. The van der Waals surface area contributed by atoms with E-state index in [1.54, 1.807) is 0 Å². The number of hydrogen-bond acceptors (Lipinski definition) is 3. The molecule has 96 valence electrons. The summed E-state index contributed by atoms with van der Waals surface area (Å²) < 4.78 is 5.62. The summed E-state index contributed by atoms with van der Waals surface area (Å²) in [5, 5.41) is 3.54. The largest absolute Gasteiger partial charge is 0.465 e. The van der Waals surface area contributed by atoms with Crippen molar-refractivity contribution in [3.63, 3.8) is 0 Å². The predicted molar refractivity (Wildman–Crippen MR) is 70.1 cm³/mol. The molecule has 0 bridgehead atoms. The van der Waals surface area contributed by atoms with E-state index in [4.69, 9.17) is 4.42 Å². The highest BCUT2D eigenvalue weighted by Crippen LogP contribution is 2.19. The van der Waals surface area contributed by atoms with E-state index in [9.17, 15) is 0 Å². The monoisotopic (exact) mass is 236 g/mol. The third-order valence-electron chi connectivity index (χ3n) is 3.79. The Morgan fingerprint density at radius 3 is 2.94 bits per heavy atom. The van der Waals surface area contributed by atoms with Crippen LogP contribution < -0.4 is 5.32 Å². The maximum atomic E-state index is 5.62. The predicted octanol–water partition coefficient (Wildman–Crippen LogP) is 2.72. The van der Waals surface area contributed by atoms with Crippen molar-refractivity contribution in [3.8, 4) is 0 Å². The van der Waals surface area contributed by atoms with Crippen LogP contribution in [0.15, 0.2) is 16.5 Å². The van der Waals surface area contributed by atoms with Crippen molar-refractivity contribution < 1.29 is 4.42 Å². The molecule has 1 saturated heterocycles. The quantitative estimate of drug-likeness (QED) is 0.852. The van der Waals surface area contributed by atoms with E-state index in [-0.39, 0.29) is 0 Å². The molecule has 1 aromatic rings. The smallest absolute Gasteiger partial charge is 0.120 e. The van der Waals surface area contributed by atoms with Crippen molar-refractivity contribution in [2.24, 2.45) is 0 Å². The highest BCUT2D eigenvalue weighted by molar-refractivity contribution is 5.08. The number of rotatable bonds is 5. The first-order chi connectivity index (χ1) is 8.16. The fourth-order valence-corrected chi connectivity index (χ4v) is 2.60. The van der Waals surface area contributed by atoms with Gasteiger partial charge in [0.25, 0.3) is 0 Å². The Kier molecular flexibility index (Phi) is 4.24. The van der Waals surface area contributed by atoms with Gasteiger partial charge in [-0.15, -0.1) is 0 Å². The summed E-state index contributed by atoms with van der Waals surface area (Å²) in [5.74, 6) is 2.03. The van der Waals surface area contributed by atoms with E-state index in [1.807, 2.05) is 13.0 Å². The maximum absolute atomic E-state index is 5.62. The van der Waals surface area contributed by atoms with Gasteiger partial charge in [0, 0.05) is 6.04 Å². The zero-order valence-electron chi connectivity index (χ0n) is 11.2. The molecule has 0 aliphatic carbocycles. The molecular weight excluding hydrogens is 212 g/mol. The van der Waals surface area contributed by atoms with E-state index >= 15 is 0 Å². The van der Waals surface area contributed by atoms with E-state index < -0.39 is 0 Å². The molecule has 2 atom stereocenters. The number of nitrogens with one attached hydrogen (secondary N) is 1. The molecule has 0 unspecified atom stereocenters. The van der Waals surface area contributed by atoms with Gasteiger partial charge in [-0.3, -0.25) is 0 Å². The summed E-state index contributed by atoms with van der Waals surface area (Å²) >= 11 is 0. The fraction of sp³-hybridized carbons (Fsp3) is 0.714. The number of aryl methyl sites for hydroxylation is 1. The van der Waals surface area contributed by atoms with Crippen molar-refractivity contribution in [2.75, 3.05) is 20.1 Å². The number of likely N-dealkylation sites (tertiary alicyclic amines) is 1. The zero-order chi connectivity index (χ0) is 12.3. The standard InChI is InChI=1S/C14H24N2O/c1-11-6-7-14(17-11)12(2)15-9-8-13-5-4-10-16(13)3/h6-7,12-13,15H,4-5,8-10H2,1-3H3/t12-,13+/m0/s1. The van der Waals surface area contributed by atoms with Gasteiger partial charge in [-0.1, -0.05) is 0 Å². The second-order valence-electron chi connectivity index (χ2n) is 5.19. The molecule has 1 aromatic heterocycles. The second kappa shape index (κ2) is 5.69. The highest BCUT2D eigenvalue weighted by atomic mass is 16.3. The summed E-state index contributed by atoms with van der Waals surface area (Å²) in [6, 6.07) is 5.18. The highest BCUT2D eigenvalue weighted by Gasteiger charge is 2.20. The average molecular weight is 236 g/mol. The Hall–Kier alpha value is -0.800. The van der Waals surface area contributed by atoms with Crippen LogP contribution in [0.4, 0.5) is 0 Å².